The number of likely N-dealkylation sites (N-methyl/N-ethyl adjacent to an activating group) is 1. The summed E-state index contributed by atoms with van der Waals surface area (Å²) >= 11 is 1.47. The van der Waals surface area contributed by atoms with Crippen LogP contribution < -0.4 is 0 Å². The second-order valence-electron chi connectivity index (χ2n) is 7.10. The maximum absolute atomic E-state index is 12.7. The third-order valence-electron chi connectivity index (χ3n) is 5.12. The van der Waals surface area contributed by atoms with Crippen LogP contribution in [-0.2, 0) is 14.3 Å². The fraction of sp³-hybridized carbons (Fsp3) is 0.667. The lowest BCUT2D eigenvalue weighted by Crippen LogP contribution is -2.58. The Labute approximate surface area is 152 Å². The van der Waals surface area contributed by atoms with E-state index in [2.05, 4.69) is 0 Å². The molecular formula is C18H26N2O4S. The summed E-state index contributed by atoms with van der Waals surface area (Å²) in [5, 5.41) is 1.93. The van der Waals surface area contributed by atoms with Gasteiger partial charge in [-0.1, -0.05) is 6.07 Å². The largest absolute Gasteiger partial charge is 0.377 e. The van der Waals surface area contributed by atoms with Crippen molar-refractivity contribution in [2.75, 3.05) is 47.0 Å². The SMILES string of the molecule is CN(C)C(=O)COC[C@]12CCCO[C@@H]1CCN(C(=O)c1cccs1)C2. The molecule has 2 fully saturated rings. The van der Waals surface area contributed by atoms with Gasteiger partial charge < -0.3 is 19.3 Å². The van der Waals surface area contributed by atoms with E-state index in [0.29, 0.717) is 19.7 Å². The van der Waals surface area contributed by atoms with Crippen LogP contribution >= 0.6 is 11.3 Å². The number of carbonyl (C=O) groups is 2. The van der Waals surface area contributed by atoms with Gasteiger partial charge in [0.25, 0.3) is 5.91 Å². The fourth-order valence-corrected chi connectivity index (χ4v) is 4.39. The number of fused-ring (bicyclic) bond motifs is 1. The molecule has 2 amide bonds. The van der Waals surface area contributed by atoms with Crippen molar-refractivity contribution >= 4 is 23.2 Å². The number of hydrogen-bond acceptors (Lipinski definition) is 5. The average molecular weight is 366 g/mol. The number of rotatable bonds is 5. The van der Waals surface area contributed by atoms with Crippen molar-refractivity contribution in [2.24, 2.45) is 5.41 Å². The number of thiophene rings is 1. The minimum absolute atomic E-state index is 0.0491. The first-order valence-corrected chi connectivity index (χ1v) is 9.62. The monoisotopic (exact) mass is 366 g/mol. The summed E-state index contributed by atoms with van der Waals surface area (Å²) in [7, 11) is 3.44. The molecule has 1 aromatic heterocycles. The van der Waals surface area contributed by atoms with E-state index in [1.54, 1.807) is 14.1 Å². The third kappa shape index (κ3) is 4.04. The number of amides is 2. The van der Waals surface area contributed by atoms with Crippen molar-refractivity contribution in [3.63, 3.8) is 0 Å². The fourth-order valence-electron chi connectivity index (χ4n) is 3.70. The van der Waals surface area contributed by atoms with Crippen LogP contribution in [0.3, 0.4) is 0 Å². The van der Waals surface area contributed by atoms with Gasteiger partial charge in [-0.25, -0.2) is 0 Å². The van der Waals surface area contributed by atoms with E-state index in [-0.39, 0.29) is 29.9 Å². The van der Waals surface area contributed by atoms with Gasteiger partial charge in [-0.05, 0) is 30.7 Å². The Morgan fingerprint density at radius 2 is 2.32 bits per heavy atom. The van der Waals surface area contributed by atoms with Crippen LogP contribution in [0, 0.1) is 5.41 Å². The first-order chi connectivity index (χ1) is 12.0. The van der Waals surface area contributed by atoms with Gasteiger partial charge in [0.1, 0.15) is 6.61 Å². The summed E-state index contributed by atoms with van der Waals surface area (Å²) in [6, 6.07) is 3.77. The average Bonchev–Trinajstić information content (AvgIpc) is 3.15. The molecule has 6 nitrogen and oxygen atoms in total. The van der Waals surface area contributed by atoms with Crippen molar-refractivity contribution in [3.8, 4) is 0 Å². The Morgan fingerprint density at radius 1 is 1.48 bits per heavy atom. The molecule has 3 heterocycles. The van der Waals surface area contributed by atoms with Gasteiger partial charge in [0, 0.05) is 39.2 Å². The Bertz CT molecular complexity index is 604. The molecule has 138 valence electrons. The predicted molar refractivity (Wildman–Crippen MR) is 95.8 cm³/mol. The second kappa shape index (κ2) is 7.85. The lowest BCUT2D eigenvalue weighted by molar-refractivity contribution is -0.155. The van der Waals surface area contributed by atoms with Crippen molar-refractivity contribution in [2.45, 2.75) is 25.4 Å². The van der Waals surface area contributed by atoms with Crippen molar-refractivity contribution in [3.05, 3.63) is 22.4 Å². The molecule has 0 spiro atoms. The number of likely N-dealkylation sites (tertiary alicyclic amines) is 1. The van der Waals surface area contributed by atoms with Gasteiger partial charge in [0.05, 0.1) is 17.6 Å². The Kier molecular flexibility index (Phi) is 5.76. The number of hydrogen-bond donors (Lipinski definition) is 0. The van der Waals surface area contributed by atoms with Gasteiger partial charge in [-0.2, -0.15) is 0 Å². The standard InChI is InChI=1S/C18H26N2O4S/c1-19(2)16(21)11-23-13-18-7-4-9-24-15(18)6-8-20(12-18)17(22)14-5-3-10-25-14/h3,5,10,15H,4,6-9,11-13H2,1-2H3/t15-,18-/m1/s1. The molecule has 0 aliphatic carbocycles. The summed E-state index contributed by atoms with van der Waals surface area (Å²) in [5.41, 5.74) is -0.212. The quantitative estimate of drug-likeness (QED) is 0.798. The molecule has 1 aromatic rings. The zero-order valence-corrected chi connectivity index (χ0v) is 15.7. The Morgan fingerprint density at radius 3 is 3.04 bits per heavy atom. The summed E-state index contributed by atoms with van der Waals surface area (Å²) in [6.07, 6.45) is 2.84. The molecule has 0 saturated carbocycles. The van der Waals surface area contributed by atoms with E-state index in [9.17, 15) is 9.59 Å². The maximum atomic E-state index is 12.7. The van der Waals surface area contributed by atoms with Gasteiger partial charge in [-0.15, -0.1) is 11.3 Å². The van der Waals surface area contributed by atoms with Crippen molar-refractivity contribution in [1.82, 2.24) is 9.80 Å². The molecule has 2 aliphatic rings. The van der Waals surface area contributed by atoms with E-state index in [1.165, 1.54) is 16.2 Å². The molecule has 0 bridgehead atoms. The molecule has 0 N–H and O–H groups in total. The molecule has 25 heavy (non-hydrogen) atoms. The highest BCUT2D eigenvalue weighted by atomic mass is 32.1. The van der Waals surface area contributed by atoms with E-state index in [4.69, 9.17) is 9.47 Å². The molecule has 3 rings (SSSR count). The smallest absolute Gasteiger partial charge is 0.263 e. The predicted octanol–water partition coefficient (Wildman–Crippen LogP) is 1.86. The van der Waals surface area contributed by atoms with Crippen LogP contribution in [0.4, 0.5) is 0 Å². The van der Waals surface area contributed by atoms with Crippen LogP contribution in [-0.4, -0.2) is 74.7 Å². The van der Waals surface area contributed by atoms with Crippen molar-refractivity contribution < 1.29 is 19.1 Å². The molecule has 2 aliphatic heterocycles. The number of carbonyl (C=O) groups excluding carboxylic acids is 2. The highest BCUT2D eigenvalue weighted by Crippen LogP contribution is 2.41. The first kappa shape index (κ1) is 18.4. The van der Waals surface area contributed by atoms with E-state index >= 15 is 0 Å². The Balaban J connectivity index is 1.68. The molecule has 7 heteroatoms. The van der Waals surface area contributed by atoms with Gasteiger partial charge in [0.2, 0.25) is 5.91 Å². The summed E-state index contributed by atoms with van der Waals surface area (Å²) < 4.78 is 11.8. The van der Waals surface area contributed by atoms with Crippen LogP contribution in [0.15, 0.2) is 17.5 Å². The van der Waals surface area contributed by atoms with Crippen LogP contribution in [0.1, 0.15) is 28.9 Å². The minimum Gasteiger partial charge on any atom is -0.377 e. The minimum atomic E-state index is -0.212. The molecule has 0 aromatic carbocycles. The summed E-state index contributed by atoms with van der Waals surface area (Å²) in [5.74, 6) is 0.0368. The zero-order valence-electron chi connectivity index (χ0n) is 14.9. The second-order valence-corrected chi connectivity index (χ2v) is 8.05. The molecule has 2 atom stereocenters. The van der Waals surface area contributed by atoms with Gasteiger partial charge >= 0.3 is 0 Å². The van der Waals surface area contributed by atoms with E-state index in [1.807, 2.05) is 22.4 Å². The van der Waals surface area contributed by atoms with E-state index in [0.717, 1.165) is 30.7 Å². The van der Waals surface area contributed by atoms with Crippen LogP contribution in [0.2, 0.25) is 0 Å². The lowest BCUT2D eigenvalue weighted by Gasteiger charge is -2.50. The molecule has 2 saturated heterocycles. The first-order valence-electron chi connectivity index (χ1n) is 8.74. The molecular weight excluding hydrogens is 340 g/mol. The normalized spacial score (nSPS) is 26.2. The van der Waals surface area contributed by atoms with Crippen LogP contribution in [0.25, 0.3) is 0 Å². The summed E-state index contributed by atoms with van der Waals surface area (Å²) in [4.78, 5) is 28.7. The van der Waals surface area contributed by atoms with E-state index < -0.39 is 0 Å². The van der Waals surface area contributed by atoms with Gasteiger partial charge in [0.15, 0.2) is 0 Å². The number of nitrogens with zero attached hydrogens (tertiary/aromatic N) is 2. The lowest BCUT2D eigenvalue weighted by atomic mass is 9.73. The Hall–Kier alpha value is -1.44. The number of ether oxygens (including phenoxy) is 2. The van der Waals surface area contributed by atoms with Gasteiger partial charge in [-0.3, -0.25) is 9.59 Å². The zero-order chi connectivity index (χ0) is 17.9. The maximum Gasteiger partial charge on any atom is 0.263 e. The molecule has 0 radical (unpaired) electrons. The summed E-state index contributed by atoms with van der Waals surface area (Å²) in [6.45, 7) is 2.62. The number of piperidine rings is 1. The topological polar surface area (TPSA) is 59.1 Å². The van der Waals surface area contributed by atoms with Crippen LogP contribution in [0.5, 0.6) is 0 Å². The van der Waals surface area contributed by atoms with Crippen molar-refractivity contribution in [1.29, 1.82) is 0 Å². The third-order valence-corrected chi connectivity index (χ3v) is 5.98. The highest BCUT2D eigenvalue weighted by molar-refractivity contribution is 7.12. The molecule has 0 unspecified atom stereocenters. The highest BCUT2D eigenvalue weighted by Gasteiger charge is 2.47.